The molecule has 10 heteroatoms. The fourth-order valence-corrected chi connectivity index (χ4v) is 4.88. The smallest absolute Gasteiger partial charge is 0.324 e. The molecule has 0 spiro atoms. The molecule has 1 aliphatic rings. The van der Waals surface area contributed by atoms with Gasteiger partial charge < -0.3 is 19.3 Å². The largest absolute Gasteiger partial charge is 0.486 e. The van der Waals surface area contributed by atoms with E-state index in [1.54, 1.807) is 17.4 Å². The van der Waals surface area contributed by atoms with Crippen LogP contribution in [0.25, 0.3) is 26.4 Å². The van der Waals surface area contributed by atoms with Crippen LogP contribution in [0, 0.1) is 0 Å². The van der Waals surface area contributed by atoms with Gasteiger partial charge in [0.15, 0.2) is 22.3 Å². The van der Waals surface area contributed by atoms with Crippen molar-refractivity contribution in [3.8, 4) is 22.8 Å². The number of carbonyl (C=O) groups excluding carboxylic acids is 1. The zero-order chi connectivity index (χ0) is 24.2. The van der Waals surface area contributed by atoms with Crippen LogP contribution in [0.5, 0.6) is 11.5 Å². The predicted molar refractivity (Wildman–Crippen MR) is 135 cm³/mol. The monoisotopic (exact) mass is 489 g/mol. The van der Waals surface area contributed by atoms with Crippen molar-refractivity contribution in [2.75, 3.05) is 23.8 Å². The Kier molecular flexibility index (Phi) is 4.92. The van der Waals surface area contributed by atoms with Crippen molar-refractivity contribution in [2.24, 2.45) is 0 Å². The number of anilines is 2. The van der Waals surface area contributed by atoms with E-state index in [-0.39, 0.29) is 5.41 Å². The first-order valence-corrected chi connectivity index (χ1v) is 12.0. The van der Waals surface area contributed by atoms with Crippen LogP contribution < -0.4 is 20.1 Å². The molecule has 2 aromatic carbocycles. The highest BCUT2D eigenvalue weighted by Gasteiger charge is 2.20. The second-order valence-electron chi connectivity index (χ2n) is 9.33. The Balaban J connectivity index is 1.18. The van der Waals surface area contributed by atoms with Gasteiger partial charge in [-0.15, -0.1) is 0 Å². The number of urea groups is 1. The molecule has 6 rings (SSSR count). The van der Waals surface area contributed by atoms with Gasteiger partial charge in [0.25, 0.3) is 0 Å². The molecule has 5 aromatic rings. The minimum absolute atomic E-state index is 0.186. The number of fused-ring (bicyclic) bond motifs is 4. The number of hydrogen-bond donors (Lipinski definition) is 2. The van der Waals surface area contributed by atoms with Crippen LogP contribution in [0.15, 0.2) is 53.2 Å². The number of rotatable bonds is 3. The number of benzene rings is 2. The van der Waals surface area contributed by atoms with Crippen LogP contribution in [-0.2, 0) is 5.41 Å². The molecule has 35 heavy (non-hydrogen) atoms. The summed E-state index contributed by atoms with van der Waals surface area (Å²) >= 11 is 1.60. The minimum atomic E-state index is -0.394. The predicted octanol–water partition coefficient (Wildman–Crippen LogP) is 5.92. The van der Waals surface area contributed by atoms with Crippen molar-refractivity contribution >= 4 is 44.1 Å². The first-order valence-electron chi connectivity index (χ1n) is 11.2. The summed E-state index contributed by atoms with van der Waals surface area (Å²) in [6.45, 7) is 7.16. The molecular weight excluding hydrogens is 466 g/mol. The summed E-state index contributed by atoms with van der Waals surface area (Å²) < 4.78 is 19.9. The highest BCUT2D eigenvalue weighted by Crippen LogP contribution is 2.39. The van der Waals surface area contributed by atoms with Crippen LogP contribution >= 0.6 is 11.3 Å². The fourth-order valence-electron chi connectivity index (χ4n) is 3.87. The summed E-state index contributed by atoms with van der Waals surface area (Å²) in [6, 6.07) is 12.9. The Morgan fingerprint density at radius 3 is 2.49 bits per heavy atom. The van der Waals surface area contributed by atoms with Crippen molar-refractivity contribution in [1.29, 1.82) is 0 Å². The maximum Gasteiger partial charge on any atom is 0.324 e. The van der Waals surface area contributed by atoms with Crippen molar-refractivity contribution < 1.29 is 18.8 Å². The van der Waals surface area contributed by atoms with Gasteiger partial charge in [-0.05, 0) is 12.1 Å². The van der Waals surface area contributed by atoms with Gasteiger partial charge in [0.05, 0.1) is 15.9 Å². The average Bonchev–Trinajstić information content (AvgIpc) is 3.53. The third kappa shape index (κ3) is 4.06. The van der Waals surface area contributed by atoms with E-state index in [2.05, 4.69) is 20.2 Å². The fraction of sp³-hybridized carbons (Fsp3) is 0.240. The summed E-state index contributed by atoms with van der Waals surface area (Å²) in [5.74, 6) is 2.60. The number of nitrogens with one attached hydrogen (secondary N) is 2. The SMILES string of the molecule is CC(C)(C)c1cc(NC(=O)Nc2ccc(-c3cn4c(n3)sc3cc5c(cc34)OCCO5)cc2)no1. The number of ether oxygens (including phenoxy) is 2. The Hall–Kier alpha value is -4.05. The third-order valence-corrected chi connectivity index (χ3v) is 6.71. The highest BCUT2D eigenvalue weighted by molar-refractivity contribution is 7.23. The number of hydrogen-bond acceptors (Lipinski definition) is 7. The molecule has 3 aromatic heterocycles. The van der Waals surface area contributed by atoms with Crippen LogP contribution in [0.2, 0.25) is 0 Å². The molecule has 178 valence electrons. The number of imidazole rings is 1. The average molecular weight is 490 g/mol. The first-order chi connectivity index (χ1) is 16.8. The van der Waals surface area contributed by atoms with Crippen LogP contribution in [0.1, 0.15) is 26.5 Å². The van der Waals surface area contributed by atoms with E-state index < -0.39 is 6.03 Å². The molecule has 0 saturated heterocycles. The van der Waals surface area contributed by atoms with E-state index in [0.717, 1.165) is 37.9 Å². The number of carbonyl (C=O) groups is 1. The second kappa shape index (κ2) is 8.02. The summed E-state index contributed by atoms with van der Waals surface area (Å²) in [5, 5.41) is 9.41. The molecule has 0 aliphatic carbocycles. The van der Waals surface area contributed by atoms with Gasteiger partial charge in [0, 0.05) is 41.1 Å². The third-order valence-electron chi connectivity index (χ3n) is 5.69. The Labute approximate surface area is 204 Å². The minimum Gasteiger partial charge on any atom is -0.486 e. The van der Waals surface area contributed by atoms with Gasteiger partial charge in [-0.3, -0.25) is 9.72 Å². The van der Waals surface area contributed by atoms with Crippen molar-refractivity contribution in [3.63, 3.8) is 0 Å². The molecule has 0 atom stereocenters. The number of aromatic nitrogens is 3. The lowest BCUT2D eigenvalue weighted by molar-refractivity contribution is 0.172. The standard InChI is InChI=1S/C25H23N5O4S/c1-25(2,3)21-12-22(29-34-21)28-23(31)26-15-6-4-14(5-7-15)16-13-30-17-10-18-19(33-9-8-32-18)11-20(17)35-24(30)27-16/h4-7,10-13H,8-9H2,1-3H3,(H2,26,28,29,31). The maximum absolute atomic E-state index is 12.4. The topological polar surface area (TPSA) is 103 Å². The van der Waals surface area contributed by atoms with E-state index in [9.17, 15) is 4.79 Å². The molecule has 0 unspecified atom stereocenters. The van der Waals surface area contributed by atoms with Gasteiger partial charge in [0.1, 0.15) is 19.0 Å². The molecule has 4 heterocycles. The molecule has 9 nitrogen and oxygen atoms in total. The molecular formula is C25H23N5O4S. The Bertz CT molecular complexity index is 1560. The molecule has 2 amide bonds. The number of amides is 2. The molecule has 2 N–H and O–H groups in total. The molecule has 0 radical (unpaired) electrons. The van der Waals surface area contributed by atoms with E-state index >= 15 is 0 Å². The van der Waals surface area contributed by atoms with Gasteiger partial charge >= 0.3 is 6.03 Å². The van der Waals surface area contributed by atoms with Gasteiger partial charge in [-0.25, -0.2) is 9.78 Å². The van der Waals surface area contributed by atoms with Crippen LogP contribution in [-0.4, -0.2) is 33.8 Å². The van der Waals surface area contributed by atoms with E-state index in [4.69, 9.17) is 19.0 Å². The van der Waals surface area contributed by atoms with Crippen molar-refractivity contribution in [3.05, 3.63) is 54.4 Å². The van der Waals surface area contributed by atoms with Gasteiger partial charge in [0.2, 0.25) is 0 Å². The first kappa shape index (κ1) is 21.5. The van der Waals surface area contributed by atoms with E-state index in [1.807, 2.05) is 63.4 Å². The quantitative estimate of drug-likeness (QED) is 0.326. The molecule has 0 bridgehead atoms. The maximum atomic E-state index is 12.4. The summed E-state index contributed by atoms with van der Waals surface area (Å²) in [5.41, 5.74) is 3.30. The van der Waals surface area contributed by atoms with Gasteiger partial charge in [-0.1, -0.05) is 49.4 Å². The van der Waals surface area contributed by atoms with Crippen molar-refractivity contribution in [1.82, 2.24) is 14.5 Å². The normalized spacial score (nSPS) is 13.3. The summed E-state index contributed by atoms with van der Waals surface area (Å²) in [7, 11) is 0. The zero-order valence-corrected chi connectivity index (χ0v) is 20.2. The highest BCUT2D eigenvalue weighted by atomic mass is 32.1. The summed E-state index contributed by atoms with van der Waals surface area (Å²) in [4.78, 5) is 18.1. The number of nitrogens with zero attached hydrogens (tertiary/aromatic N) is 3. The number of thiazole rings is 1. The lowest BCUT2D eigenvalue weighted by atomic mass is 9.93. The van der Waals surface area contributed by atoms with Crippen LogP contribution in [0.4, 0.5) is 16.3 Å². The second-order valence-corrected chi connectivity index (χ2v) is 10.3. The van der Waals surface area contributed by atoms with E-state index in [1.165, 1.54) is 0 Å². The molecule has 0 saturated carbocycles. The Morgan fingerprint density at radius 2 is 1.77 bits per heavy atom. The molecule has 0 fully saturated rings. The van der Waals surface area contributed by atoms with E-state index in [0.29, 0.717) is 30.5 Å². The zero-order valence-electron chi connectivity index (χ0n) is 19.4. The van der Waals surface area contributed by atoms with Gasteiger partial charge in [-0.2, -0.15) is 0 Å². The van der Waals surface area contributed by atoms with Crippen molar-refractivity contribution in [2.45, 2.75) is 26.2 Å². The van der Waals surface area contributed by atoms with Crippen LogP contribution in [0.3, 0.4) is 0 Å². The lowest BCUT2D eigenvalue weighted by Crippen LogP contribution is -2.19. The Morgan fingerprint density at radius 1 is 1.03 bits per heavy atom. The summed E-state index contributed by atoms with van der Waals surface area (Å²) in [6.07, 6.45) is 2.01. The lowest BCUT2D eigenvalue weighted by Gasteiger charge is -2.17. The molecule has 1 aliphatic heterocycles.